The van der Waals surface area contributed by atoms with Crippen molar-refractivity contribution in [2.24, 2.45) is 7.05 Å². The molecule has 6 nitrogen and oxygen atoms in total. The van der Waals surface area contributed by atoms with Crippen molar-refractivity contribution < 1.29 is 0 Å². The number of hydrogen-bond donors (Lipinski definition) is 1. The van der Waals surface area contributed by atoms with Crippen molar-refractivity contribution >= 4 is 33.3 Å². The predicted molar refractivity (Wildman–Crippen MR) is 130 cm³/mol. The van der Waals surface area contributed by atoms with Gasteiger partial charge in [-0.15, -0.1) is 21.5 Å². The van der Waals surface area contributed by atoms with E-state index in [1.807, 2.05) is 72.4 Å². The van der Waals surface area contributed by atoms with E-state index in [0.717, 1.165) is 33.4 Å². The van der Waals surface area contributed by atoms with Crippen molar-refractivity contribution in [3.8, 4) is 11.1 Å². The van der Waals surface area contributed by atoms with E-state index >= 15 is 0 Å². The minimum absolute atomic E-state index is 0.0816. The molecule has 0 amide bonds. The highest BCUT2D eigenvalue weighted by atomic mass is 32.2. The number of nitrogens with zero attached hydrogens (tertiary/aromatic N) is 4. The maximum Gasteiger partial charge on any atom is 0.260 e. The fourth-order valence-corrected chi connectivity index (χ4v) is 5.43. The highest BCUT2D eigenvalue weighted by molar-refractivity contribution is 7.99. The summed E-state index contributed by atoms with van der Waals surface area (Å²) in [7, 11) is 1.97. The molecule has 0 spiro atoms. The number of aromatic nitrogens is 5. The highest BCUT2D eigenvalue weighted by Gasteiger charge is 2.19. The molecule has 0 aliphatic rings. The second kappa shape index (κ2) is 8.72. The van der Waals surface area contributed by atoms with Crippen LogP contribution in [-0.4, -0.2) is 24.7 Å². The van der Waals surface area contributed by atoms with Crippen LogP contribution in [0.15, 0.2) is 76.0 Å². The van der Waals surface area contributed by atoms with Gasteiger partial charge in [-0.3, -0.25) is 4.79 Å². The molecule has 8 heteroatoms. The predicted octanol–water partition coefficient (Wildman–Crippen LogP) is 5.22. The molecule has 160 valence electrons. The van der Waals surface area contributed by atoms with Crippen LogP contribution in [0.25, 0.3) is 21.3 Å². The number of nitrogens with one attached hydrogen (secondary N) is 1. The molecule has 1 N–H and O–H groups in total. The second-order valence-electron chi connectivity index (χ2n) is 7.53. The summed E-state index contributed by atoms with van der Waals surface area (Å²) in [6.45, 7) is 2.02. The summed E-state index contributed by atoms with van der Waals surface area (Å²) >= 11 is 3.03. The molecule has 0 fully saturated rings. The number of aromatic amines is 1. The van der Waals surface area contributed by atoms with Gasteiger partial charge in [-0.05, 0) is 18.1 Å². The molecule has 0 bridgehead atoms. The van der Waals surface area contributed by atoms with Crippen molar-refractivity contribution in [3.05, 3.63) is 93.6 Å². The number of thioether (sulfide) groups is 1. The molecule has 5 aromatic rings. The normalized spacial score (nSPS) is 12.3. The van der Waals surface area contributed by atoms with Crippen molar-refractivity contribution in [1.29, 1.82) is 0 Å². The summed E-state index contributed by atoms with van der Waals surface area (Å²) in [6.07, 6.45) is 0.720. The van der Waals surface area contributed by atoms with Gasteiger partial charge in [-0.1, -0.05) is 72.4 Å². The van der Waals surface area contributed by atoms with Gasteiger partial charge in [-0.2, -0.15) is 0 Å². The van der Waals surface area contributed by atoms with E-state index in [2.05, 4.69) is 27.3 Å². The van der Waals surface area contributed by atoms with E-state index in [-0.39, 0.29) is 10.8 Å². The van der Waals surface area contributed by atoms with Gasteiger partial charge in [-0.25, -0.2) is 4.98 Å². The van der Waals surface area contributed by atoms with Crippen LogP contribution in [0.4, 0.5) is 0 Å². The summed E-state index contributed by atoms with van der Waals surface area (Å²) in [5, 5.41) is 12.1. The van der Waals surface area contributed by atoms with Gasteiger partial charge in [0.15, 0.2) is 5.16 Å². The number of hydrogen-bond acceptors (Lipinski definition) is 6. The molecule has 3 aromatic heterocycles. The zero-order chi connectivity index (χ0) is 22.1. The quantitative estimate of drug-likeness (QED) is 0.352. The SMILES string of the molecule is CC(Sc1nnc(Cc2ccccc2)n1C)c1nc2scc(-c3ccccc3)c2c(=O)[nH]1. The van der Waals surface area contributed by atoms with Crippen molar-refractivity contribution in [1.82, 2.24) is 24.7 Å². The van der Waals surface area contributed by atoms with E-state index in [4.69, 9.17) is 4.98 Å². The number of H-pyrrole nitrogens is 1. The van der Waals surface area contributed by atoms with Crippen molar-refractivity contribution in [2.45, 2.75) is 23.8 Å². The molecule has 3 heterocycles. The minimum atomic E-state index is -0.111. The third-order valence-electron chi connectivity index (χ3n) is 5.34. The second-order valence-corrected chi connectivity index (χ2v) is 9.69. The molecule has 2 aromatic carbocycles. The Morgan fingerprint density at radius 3 is 2.53 bits per heavy atom. The van der Waals surface area contributed by atoms with E-state index in [0.29, 0.717) is 11.2 Å². The third kappa shape index (κ3) is 3.99. The Labute approximate surface area is 193 Å². The summed E-state index contributed by atoms with van der Waals surface area (Å²) in [5.74, 6) is 1.54. The Kier molecular flexibility index (Phi) is 5.63. The number of benzene rings is 2. The van der Waals surface area contributed by atoms with Gasteiger partial charge in [0, 0.05) is 24.4 Å². The van der Waals surface area contributed by atoms with E-state index in [1.165, 1.54) is 28.7 Å². The van der Waals surface area contributed by atoms with Gasteiger partial charge in [0.1, 0.15) is 16.5 Å². The third-order valence-corrected chi connectivity index (χ3v) is 7.36. The molecule has 32 heavy (non-hydrogen) atoms. The molecule has 0 saturated carbocycles. The molecule has 0 radical (unpaired) electrons. The summed E-state index contributed by atoms with van der Waals surface area (Å²) in [4.78, 5) is 21.5. The first kappa shape index (κ1) is 20.7. The fraction of sp³-hybridized carbons (Fsp3) is 0.167. The zero-order valence-corrected chi connectivity index (χ0v) is 19.3. The standard InChI is InChI=1S/C24H21N5OS2/c1-15(32-24-28-27-19(29(24)2)13-16-9-5-3-6-10-16)21-25-22(30)20-18(14-31-23(20)26-21)17-11-7-4-8-12-17/h3-12,14-15H,13H2,1-2H3,(H,25,26,30). The Balaban J connectivity index is 1.40. The van der Waals surface area contributed by atoms with E-state index in [1.54, 1.807) is 0 Å². The number of rotatable bonds is 6. The Morgan fingerprint density at radius 2 is 1.78 bits per heavy atom. The Hall–Kier alpha value is -3.23. The smallest absolute Gasteiger partial charge is 0.260 e. The molecule has 1 atom stereocenters. The summed E-state index contributed by atoms with van der Waals surface area (Å²) in [6, 6.07) is 20.1. The average Bonchev–Trinajstić information content (AvgIpc) is 3.40. The van der Waals surface area contributed by atoms with Crippen LogP contribution in [0.1, 0.15) is 29.4 Å². The first-order valence-corrected chi connectivity index (χ1v) is 12.0. The van der Waals surface area contributed by atoms with Gasteiger partial charge in [0.25, 0.3) is 5.56 Å². The van der Waals surface area contributed by atoms with Crippen molar-refractivity contribution in [2.75, 3.05) is 0 Å². The Morgan fingerprint density at radius 1 is 1.06 bits per heavy atom. The maximum absolute atomic E-state index is 13.0. The molecular formula is C24H21N5OS2. The maximum atomic E-state index is 13.0. The lowest BCUT2D eigenvalue weighted by Gasteiger charge is -2.10. The lowest BCUT2D eigenvalue weighted by atomic mass is 10.1. The monoisotopic (exact) mass is 459 g/mol. The van der Waals surface area contributed by atoms with Crippen LogP contribution < -0.4 is 5.56 Å². The van der Waals surface area contributed by atoms with Gasteiger partial charge >= 0.3 is 0 Å². The van der Waals surface area contributed by atoms with Crippen LogP contribution in [0, 0.1) is 0 Å². The lowest BCUT2D eigenvalue weighted by molar-refractivity contribution is 0.745. The molecule has 0 aliphatic carbocycles. The Bertz CT molecular complexity index is 1420. The summed E-state index contributed by atoms with van der Waals surface area (Å²) < 4.78 is 2.00. The molecule has 0 saturated heterocycles. The lowest BCUT2D eigenvalue weighted by Crippen LogP contribution is -2.12. The molecule has 5 rings (SSSR count). The zero-order valence-electron chi connectivity index (χ0n) is 17.6. The first-order chi connectivity index (χ1) is 15.6. The first-order valence-electron chi connectivity index (χ1n) is 10.3. The van der Waals surface area contributed by atoms with Crippen molar-refractivity contribution in [3.63, 3.8) is 0 Å². The van der Waals surface area contributed by atoms with Crippen LogP contribution in [0.5, 0.6) is 0 Å². The topological polar surface area (TPSA) is 76.5 Å². The molecule has 1 unspecified atom stereocenters. The molecular weight excluding hydrogens is 438 g/mol. The van der Waals surface area contributed by atoms with Crippen LogP contribution >= 0.6 is 23.1 Å². The van der Waals surface area contributed by atoms with Crippen LogP contribution in [0.3, 0.4) is 0 Å². The largest absolute Gasteiger partial charge is 0.309 e. The number of thiophene rings is 1. The van der Waals surface area contributed by atoms with Crippen LogP contribution in [-0.2, 0) is 13.5 Å². The highest BCUT2D eigenvalue weighted by Crippen LogP contribution is 2.35. The minimum Gasteiger partial charge on any atom is -0.309 e. The van der Waals surface area contributed by atoms with E-state index < -0.39 is 0 Å². The van der Waals surface area contributed by atoms with Crippen LogP contribution in [0.2, 0.25) is 0 Å². The van der Waals surface area contributed by atoms with Gasteiger partial charge < -0.3 is 9.55 Å². The average molecular weight is 460 g/mol. The van der Waals surface area contributed by atoms with E-state index in [9.17, 15) is 4.79 Å². The van der Waals surface area contributed by atoms with Gasteiger partial charge in [0.2, 0.25) is 0 Å². The van der Waals surface area contributed by atoms with Gasteiger partial charge in [0.05, 0.1) is 10.6 Å². The number of fused-ring (bicyclic) bond motifs is 1. The summed E-state index contributed by atoms with van der Waals surface area (Å²) in [5.41, 5.74) is 3.02. The molecule has 0 aliphatic heterocycles. The fourth-order valence-electron chi connectivity index (χ4n) is 3.58.